The van der Waals surface area contributed by atoms with Crippen molar-refractivity contribution in [3.8, 4) is 6.07 Å². The van der Waals surface area contributed by atoms with Gasteiger partial charge in [0.05, 0.1) is 19.0 Å². The summed E-state index contributed by atoms with van der Waals surface area (Å²) in [7, 11) is 3.69. The molecule has 104 valence electrons. The van der Waals surface area contributed by atoms with Crippen LogP contribution in [0.15, 0.2) is 16.5 Å². The van der Waals surface area contributed by atoms with E-state index < -0.39 is 0 Å². The van der Waals surface area contributed by atoms with E-state index in [-0.39, 0.29) is 5.91 Å². The van der Waals surface area contributed by atoms with Crippen molar-refractivity contribution < 1.29 is 9.21 Å². The molecule has 0 N–H and O–H groups in total. The maximum atomic E-state index is 11.8. The Morgan fingerprint density at radius 1 is 1.37 bits per heavy atom. The molecule has 0 aliphatic heterocycles. The number of carbonyl (C=O) groups excluding carboxylic acids is 1. The molecule has 1 aromatic rings. The minimum absolute atomic E-state index is 0.0673. The topological polar surface area (TPSA) is 60.5 Å². The number of aryl methyl sites for hydroxylation is 1. The molecule has 5 heteroatoms. The molecule has 0 fully saturated rings. The predicted molar refractivity (Wildman–Crippen MR) is 72.3 cm³/mol. The van der Waals surface area contributed by atoms with Gasteiger partial charge in [0.2, 0.25) is 5.91 Å². The van der Waals surface area contributed by atoms with Crippen molar-refractivity contribution in [2.75, 3.05) is 27.2 Å². The second-order valence-electron chi connectivity index (χ2n) is 4.72. The molecule has 5 nitrogen and oxygen atoms in total. The van der Waals surface area contributed by atoms with Crippen LogP contribution in [0.4, 0.5) is 0 Å². The van der Waals surface area contributed by atoms with Crippen LogP contribution >= 0.6 is 0 Å². The Morgan fingerprint density at radius 2 is 2.11 bits per heavy atom. The molecule has 1 amide bonds. The van der Waals surface area contributed by atoms with Crippen LogP contribution in [0.25, 0.3) is 0 Å². The van der Waals surface area contributed by atoms with E-state index in [9.17, 15) is 4.79 Å². The fraction of sp³-hybridized carbons (Fsp3) is 0.571. The zero-order valence-electron chi connectivity index (χ0n) is 11.8. The van der Waals surface area contributed by atoms with Gasteiger partial charge >= 0.3 is 0 Å². The van der Waals surface area contributed by atoms with Crippen LogP contribution in [-0.4, -0.2) is 42.9 Å². The van der Waals surface area contributed by atoms with Gasteiger partial charge in [0.15, 0.2) is 0 Å². The van der Waals surface area contributed by atoms with E-state index >= 15 is 0 Å². The second-order valence-corrected chi connectivity index (χ2v) is 4.72. The molecule has 1 heterocycles. The van der Waals surface area contributed by atoms with Crippen molar-refractivity contribution >= 4 is 5.91 Å². The second kappa shape index (κ2) is 7.59. The summed E-state index contributed by atoms with van der Waals surface area (Å²) in [6.07, 6.45) is 0.835. The Bertz CT molecular complexity index is 448. The number of amides is 1. The third-order valence-corrected chi connectivity index (χ3v) is 2.91. The summed E-state index contributed by atoms with van der Waals surface area (Å²) in [6.45, 7) is 3.78. The van der Waals surface area contributed by atoms with Gasteiger partial charge in [-0.1, -0.05) is 0 Å². The molecule has 1 rings (SSSR count). The quantitative estimate of drug-likeness (QED) is 0.752. The summed E-state index contributed by atoms with van der Waals surface area (Å²) < 4.78 is 5.49. The van der Waals surface area contributed by atoms with Gasteiger partial charge in [0.25, 0.3) is 0 Å². The van der Waals surface area contributed by atoms with E-state index in [0.717, 1.165) is 11.5 Å². The first-order chi connectivity index (χ1) is 9.02. The summed E-state index contributed by atoms with van der Waals surface area (Å²) in [6, 6.07) is 5.92. The summed E-state index contributed by atoms with van der Waals surface area (Å²) >= 11 is 0. The monoisotopic (exact) mass is 263 g/mol. The number of rotatable bonds is 7. The van der Waals surface area contributed by atoms with Crippen LogP contribution in [0.5, 0.6) is 0 Å². The third-order valence-electron chi connectivity index (χ3n) is 2.91. The Hall–Kier alpha value is -1.80. The fourth-order valence-electron chi connectivity index (χ4n) is 1.73. The van der Waals surface area contributed by atoms with Gasteiger partial charge in [-0.15, -0.1) is 0 Å². The standard InChI is InChI=1S/C14H21N3O2/c1-12-5-6-13(19-12)11-16(2)10-7-14(18)17(3)9-4-8-15/h5-6H,4,7,9-11H2,1-3H3. The highest BCUT2D eigenvalue weighted by Gasteiger charge is 2.10. The first kappa shape index (κ1) is 15.3. The Labute approximate surface area is 114 Å². The Balaban J connectivity index is 2.28. The lowest BCUT2D eigenvalue weighted by molar-refractivity contribution is -0.130. The molecule has 0 spiro atoms. The highest BCUT2D eigenvalue weighted by Crippen LogP contribution is 2.08. The average Bonchev–Trinajstić information content (AvgIpc) is 2.78. The summed E-state index contributed by atoms with van der Waals surface area (Å²) in [4.78, 5) is 15.4. The highest BCUT2D eigenvalue weighted by atomic mass is 16.3. The van der Waals surface area contributed by atoms with Crippen LogP contribution in [0.1, 0.15) is 24.4 Å². The largest absolute Gasteiger partial charge is 0.465 e. The molecular formula is C14H21N3O2. The van der Waals surface area contributed by atoms with Gasteiger partial charge in [-0.25, -0.2) is 0 Å². The number of furan rings is 1. The molecule has 0 atom stereocenters. The first-order valence-electron chi connectivity index (χ1n) is 6.37. The van der Waals surface area contributed by atoms with Crippen LogP contribution in [-0.2, 0) is 11.3 Å². The van der Waals surface area contributed by atoms with Crippen molar-refractivity contribution in [1.82, 2.24) is 9.80 Å². The Kier molecular flexibility index (Phi) is 6.10. The lowest BCUT2D eigenvalue weighted by Gasteiger charge is -2.19. The van der Waals surface area contributed by atoms with E-state index in [2.05, 4.69) is 0 Å². The van der Waals surface area contributed by atoms with Crippen molar-refractivity contribution in [3.05, 3.63) is 23.7 Å². The maximum absolute atomic E-state index is 11.8. The van der Waals surface area contributed by atoms with Gasteiger partial charge in [0.1, 0.15) is 11.5 Å². The number of carbonyl (C=O) groups is 1. The molecule has 0 bridgehead atoms. The third kappa shape index (κ3) is 5.58. The maximum Gasteiger partial charge on any atom is 0.223 e. The number of nitrogens with zero attached hydrogens (tertiary/aromatic N) is 3. The van der Waals surface area contributed by atoms with Crippen molar-refractivity contribution in [3.63, 3.8) is 0 Å². The molecule has 0 saturated carbocycles. The number of hydrogen-bond acceptors (Lipinski definition) is 4. The van der Waals surface area contributed by atoms with E-state index in [4.69, 9.17) is 9.68 Å². The van der Waals surface area contributed by atoms with E-state index in [1.807, 2.05) is 37.1 Å². The van der Waals surface area contributed by atoms with Crippen LogP contribution < -0.4 is 0 Å². The SMILES string of the molecule is Cc1ccc(CN(C)CCC(=O)N(C)CCC#N)o1. The molecule has 0 aliphatic carbocycles. The molecular weight excluding hydrogens is 242 g/mol. The minimum atomic E-state index is 0.0673. The summed E-state index contributed by atoms with van der Waals surface area (Å²) in [5.74, 6) is 1.87. The molecule has 0 aliphatic rings. The number of nitriles is 1. The molecule has 0 saturated heterocycles. The van der Waals surface area contributed by atoms with Crippen LogP contribution in [0.3, 0.4) is 0 Å². The van der Waals surface area contributed by atoms with Crippen molar-refractivity contribution in [1.29, 1.82) is 5.26 Å². The van der Waals surface area contributed by atoms with E-state index in [1.54, 1.807) is 11.9 Å². The fourth-order valence-corrected chi connectivity index (χ4v) is 1.73. The Morgan fingerprint density at radius 3 is 2.68 bits per heavy atom. The molecule has 0 radical (unpaired) electrons. The zero-order valence-corrected chi connectivity index (χ0v) is 11.8. The predicted octanol–water partition coefficient (Wildman–Crippen LogP) is 1.78. The van der Waals surface area contributed by atoms with Gasteiger partial charge in [0, 0.05) is 26.6 Å². The minimum Gasteiger partial charge on any atom is -0.465 e. The van der Waals surface area contributed by atoms with E-state index in [0.29, 0.717) is 32.5 Å². The lowest BCUT2D eigenvalue weighted by atomic mass is 10.3. The van der Waals surface area contributed by atoms with Gasteiger partial charge in [-0.2, -0.15) is 5.26 Å². The molecule has 19 heavy (non-hydrogen) atoms. The summed E-state index contributed by atoms with van der Waals surface area (Å²) in [5, 5.41) is 8.47. The van der Waals surface area contributed by atoms with Crippen LogP contribution in [0, 0.1) is 18.3 Å². The number of hydrogen-bond donors (Lipinski definition) is 0. The molecule has 1 aromatic heterocycles. The van der Waals surface area contributed by atoms with E-state index in [1.165, 1.54) is 0 Å². The van der Waals surface area contributed by atoms with Crippen molar-refractivity contribution in [2.24, 2.45) is 0 Å². The lowest BCUT2D eigenvalue weighted by Crippen LogP contribution is -2.31. The smallest absolute Gasteiger partial charge is 0.223 e. The highest BCUT2D eigenvalue weighted by molar-refractivity contribution is 5.76. The zero-order chi connectivity index (χ0) is 14.3. The van der Waals surface area contributed by atoms with Gasteiger partial charge in [-0.3, -0.25) is 9.69 Å². The first-order valence-corrected chi connectivity index (χ1v) is 6.37. The summed E-state index contributed by atoms with van der Waals surface area (Å²) in [5.41, 5.74) is 0. The molecule has 0 unspecified atom stereocenters. The van der Waals surface area contributed by atoms with Crippen molar-refractivity contribution in [2.45, 2.75) is 26.3 Å². The van der Waals surface area contributed by atoms with Gasteiger partial charge in [-0.05, 0) is 26.1 Å². The van der Waals surface area contributed by atoms with Gasteiger partial charge < -0.3 is 9.32 Å². The normalized spacial score (nSPS) is 10.5. The van der Waals surface area contributed by atoms with Crippen LogP contribution in [0.2, 0.25) is 0 Å². The average molecular weight is 263 g/mol. The molecule has 0 aromatic carbocycles.